The number of hydrogen-bond donors (Lipinski definition) is 1. The molecule has 4 rings (SSSR count). The van der Waals surface area contributed by atoms with E-state index in [1.165, 1.54) is 16.7 Å². The van der Waals surface area contributed by atoms with Gasteiger partial charge < -0.3 is 9.84 Å². The van der Waals surface area contributed by atoms with E-state index in [1.807, 2.05) is 24.3 Å². The lowest BCUT2D eigenvalue weighted by molar-refractivity contribution is -0.147. The number of hydrogen-bond acceptors (Lipinski definition) is 3. The molecular weight excluding hydrogens is 433 g/mol. The van der Waals surface area contributed by atoms with Crippen molar-refractivity contribution in [3.63, 3.8) is 0 Å². The minimum Gasteiger partial charge on any atom is -0.493 e. The molecule has 0 bridgehead atoms. The number of halogens is 2. The van der Waals surface area contributed by atoms with Crippen molar-refractivity contribution in [2.75, 3.05) is 26.2 Å². The van der Waals surface area contributed by atoms with Gasteiger partial charge >= 0.3 is 5.97 Å². The molecule has 4 nitrogen and oxygen atoms in total. The number of carbonyl (C=O) groups is 1. The number of rotatable bonds is 8. The van der Waals surface area contributed by atoms with E-state index in [-0.39, 0.29) is 5.92 Å². The first-order chi connectivity index (χ1) is 14.9. The van der Waals surface area contributed by atoms with Crippen molar-refractivity contribution in [2.45, 2.75) is 26.2 Å². The lowest BCUT2D eigenvalue weighted by Crippen LogP contribution is -2.50. The van der Waals surface area contributed by atoms with Crippen LogP contribution in [-0.4, -0.2) is 42.2 Å². The van der Waals surface area contributed by atoms with Crippen molar-refractivity contribution < 1.29 is 14.6 Å². The number of ether oxygens (including phenoxy) is 1. The molecule has 1 heterocycles. The van der Waals surface area contributed by atoms with Gasteiger partial charge in [-0.15, -0.1) is 0 Å². The zero-order chi connectivity index (χ0) is 22.0. The van der Waals surface area contributed by atoms with Crippen molar-refractivity contribution in [2.24, 2.45) is 11.8 Å². The van der Waals surface area contributed by atoms with E-state index in [9.17, 15) is 4.79 Å². The van der Waals surface area contributed by atoms with Gasteiger partial charge in [-0.3, -0.25) is 9.69 Å². The van der Waals surface area contributed by atoms with Crippen LogP contribution in [-0.2, 0) is 17.6 Å². The second kappa shape index (κ2) is 9.64. The number of aryl methyl sites for hydroxylation is 1. The summed E-state index contributed by atoms with van der Waals surface area (Å²) in [7, 11) is 0. The highest BCUT2D eigenvalue weighted by atomic mass is 35.5. The SMILES string of the molecule is C[C@H](COc1ccc2c(c1)CCC(CN1CC(C(=O)O)C1)=C2Cl)Cc1ccc(Cl)cc1. The molecule has 0 saturated carbocycles. The second-order valence-corrected chi connectivity index (χ2v) is 9.53. The first-order valence-corrected chi connectivity index (χ1v) is 11.5. The highest BCUT2D eigenvalue weighted by Crippen LogP contribution is 2.37. The molecule has 0 spiro atoms. The zero-order valence-corrected chi connectivity index (χ0v) is 19.1. The summed E-state index contributed by atoms with van der Waals surface area (Å²) < 4.78 is 6.07. The summed E-state index contributed by atoms with van der Waals surface area (Å²) in [5, 5.41) is 10.6. The quantitative estimate of drug-likeness (QED) is 0.565. The van der Waals surface area contributed by atoms with Crippen LogP contribution in [0, 0.1) is 11.8 Å². The predicted molar refractivity (Wildman–Crippen MR) is 125 cm³/mol. The van der Waals surface area contributed by atoms with Crippen LogP contribution >= 0.6 is 23.2 Å². The van der Waals surface area contributed by atoms with E-state index >= 15 is 0 Å². The lowest BCUT2D eigenvalue weighted by atomic mass is 9.90. The number of carboxylic acid groups (broad SMARTS) is 1. The Morgan fingerprint density at radius 1 is 1.16 bits per heavy atom. The van der Waals surface area contributed by atoms with Crippen LogP contribution in [0.2, 0.25) is 5.02 Å². The Balaban J connectivity index is 1.33. The molecular formula is C25H27Cl2NO3. The summed E-state index contributed by atoms with van der Waals surface area (Å²) in [6.07, 6.45) is 2.77. The van der Waals surface area contributed by atoms with E-state index in [1.54, 1.807) is 0 Å². The molecule has 1 saturated heterocycles. The summed E-state index contributed by atoms with van der Waals surface area (Å²) in [6.45, 7) is 4.80. The molecule has 164 valence electrons. The summed E-state index contributed by atoms with van der Waals surface area (Å²) >= 11 is 12.7. The van der Waals surface area contributed by atoms with Crippen LogP contribution in [0.25, 0.3) is 5.03 Å². The van der Waals surface area contributed by atoms with Gasteiger partial charge in [0.05, 0.1) is 12.5 Å². The van der Waals surface area contributed by atoms with Crippen molar-refractivity contribution in [3.05, 3.63) is 69.8 Å². The Morgan fingerprint density at radius 3 is 2.61 bits per heavy atom. The van der Waals surface area contributed by atoms with Crippen molar-refractivity contribution >= 4 is 34.2 Å². The van der Waals surface area contributed by atoms with Gasteiger partial charge in [-0.1, -0.05) is 42.3 Å². The summed E-state index contributed by atoms with van der Waals surface area (Å²) in [5.41, 5.74) is 4.74. The first kappa shape index (κ1) is 22.2. The number of fused-ring (bicyclic) bond motifs is 1. The molecule has 2 aliphatic rings. The highest BCUT2D eigenvalue weighted by molar-refractivity contribution is 6.49. The van der Waals surface area contributed by atoms with Crippen molar-refractivity contribution in [3.8, 4) is 5.75 Å². The number of nitrogens with zero attached hydrogens (tertiary/aromatic N) is 1. The number of carboxylic acids is 1. The molecule has 2 aromatic rings. The summed E-state index contributed by atoms with van der Waals surface area (Å²) in [4.78, 5) is 13.2. The topological polar surface area (TPSA) is 49.8 Å². The standard InChI is InChI=1S/C25H27Cl2NO3/c1-16(10-17-2-6-21(26)7-3-17)15-31-22-8-9-23-18(11-22)4-5-19(24(23)27)12-28-13-20(14-28)25(29)30/h2-3,6-9,11,16,20H,4-5,10,12-15H2,1H3,(H,29,30)/t16-/m0/s1. The molecule has 1 N–H and O–H groups in total. The van der Waals surface area contributed by atoms with E-state index in [2.05, 4.69) is 30.0 Å². The molecule has 0 radical (unpaired) electrons. The molecule has 2 aromatic carbocycles. The molecule has 31 heavy (non-hydrogen) atoms. The number of likely N-dealkylation sites (tertiary alicyclic amines) is 1. The fourth-order valence-corrected chi connectivity index (χ4v) is 4.72. The largest absolute Gasteiger partial charge is 0.493 e. The van der Waals surface area contributed by atoms with Crippen LogP contribution in [0.3, 0.4) is 0 Å². The van der Waals surface area contributed by atoms with Crippen molar-refractivity contribution in [1.82, 2.24) is 4.90 Å². The molecule has 1 aliphatic heterocycles. The third-order valence-electron chi connectivity index (χ3n) is 6.07. The van der Waals surface area contributed by atoms with E-state index in [0.717, 1.165) is 47.2 Å². The Bertz CT molecular complexity index is 981. The van der Waals surface area contributed by atoms with Crippen molar-refractivity contribution in [1.29, 1.82) is 0 Å². The molecule has 1 aliphatic carbocycles. The Hall–Kier alpha value is -2.01. The molecule has 1 atom stereocenters. The summed E-state index contributed by atoms with van der Waals surface area (Å²) in [5.74, 6) is 0.317. The van der Waals surface area contributed by atoms with Crippen LogP contribution in [0.5, 0.6) is 5.75 Å². The third kappa shape index (κ3) is 5.43. The Labute approximate surface area is 193 Å². The normalized spacial score (nSPS) is 17.8. The van der Waals surface area contributed by atoms with Gasteiger partial charge in [0.25, 0.3) is 0 Å². The number of aliphatic carboxylic acids is 1. The monoisotopic (exact) mass is 459 g/mol. The fraction of sp³-hybridized carbons (Fsp3) is 0.400. The number of benzene rings is 2. The van der Waals surface area contributed by atoms with E-state index in [0.29, 0.717) is 25.6 Å². The van der Waals surface area contributed by atoms with Crippen LogP contribution < -0.4 is 4.74 Å². The third-order valence-corrected chi connectivity index (χ3v) is 6.80. The van der Waals surface area contributed by atoms with Crippen LogP contribution in [0.4, 0.5) is 0 Å². The average molecular weight is 460 g/mol. The molecule has 1 fully saturated rings. The highest BCUT2D eigenvalue weighted by Gasteiger charge is 2.33. The zero-order valence-electron chi connectivity index (χ0n) is 17.6. The average Bonchev–Trinajstić information content (AvgIpc) is 2.71. The van der Waals surface area contributed by atoms with Gasteiger partial charge in [0.2, 0.25) is 0 Å². The van der Waals surface area contributed by atoms with Crippen LogP contribution in [0.15, 0.2) is 48.0 Å². The van der Waals surface area contributed by atoms with E-state index in [4.69, 9.17) is 33.0 Å². The smallest absolute Gasteiger partial charge is 0.309 e. The Morgan fingerprint density at radius 2 is 1.90 bits per heavy atom. The van der Waals surface area contributed by atoms with Gasteiger partial charge in [0.1, 0.15) is 5.75 Å². The minimum atomic E-state index is -0.708. The Kier molecular flexibility index (Phi) is 6.90. The predicted octanol–water partition coefficient (Wildman–Crippen LogP) is 5.51. The molecule has 0 aromatic heterocycles. The minimum absolute atomic E-state index is 0.239. The van der Waals surface area contributed by atoms with Gasteiger partial charge in [0, 0.05) is 29.7 Å². The van der Waals surface area contributed by atoms with Gasteiger partial charge in [0.15, 0.2) is 0 Å². The van der Waals surface area contributed by atoms with Crippen LogP contribution in [0.1, 0.15) is 30.0 Å². The maximum Gasteiger partial charge on any atom is 0.309 e. The maximum atomic E-state index is 11.0. The molecule has 6 heteroatoms. The molecule has 0 amide bonds. The second-order valence-electron chi connectivity index (χ2n) is 8.71. The van der Waals surface area contributed by atoms with Gasteiger partial charge in [-0.05, 0) is 77.8 Å². The molecule has 0 unspecified atom stereocenters. The van der Waals surface area contributed by atoms with E-state index < -0.39 is 5.97 Å². The summed E-state index contributed by atoms with van der Waals surface area (Å²) in [6, 6.07) is 14.1. The van der Waals surface area contributed by atoms with Gasteiger partial charge in [-0.25, -0.2) is 0 Å². The fourth-order valence-electron chi connectivity index (χ4n) is 4.26. The lowest BCUT2D eigenvalue weighted by Gasteiger charge is -2.38. The first-order valence-electron chi connectivity index (χ1n) is 10.7. The maximum absolute atomic E-state index is 11.0. The van der Waals surface area contributed by atoms with Gasteiger partial charge in [-0.2, -0.15) is 0 Å².